The van der Waals surface area contributed by atoms with E-state index < -0.39 is 0 Å². The van der Waals surface area contributed by atoms with Gasteiger partial charge in [0, 0.05) is 6.61 Å². The summed E-state index contributed by atoms with van der Waals surface area (Å²) in [5, 5.41) is 0. The maximum absolute atomic E-state index is 5.48. The summed E-state index contributed by atoms with van der Waals surface area (Å²) in [6, 6.07) is 0. The van der Waals surface area contributed by atoms with Gasteiger partial charge in [-0.25, -0.2) is 0 Å². The van der Waals surface area contributed by atoms with Gasteiger partial charge in [0.2, 0.25) is 0 Å². The molecule has 10 heavy (non-hydrogen) atoms. The van der Waals surface area contributed by atoms with Crippen molar-refractivity contribution in [3.05, 3.63) is 0 Å². The van der Waals surface area contributed by atoms with Crippen LogP contribution in [0.1, 0.15) is 39.0 Å². The fourth-order valence-corrected chi connectivity index (χ4v) is 1.47. The molecule has 0 radical (unpaired) electrons. The van der Waals surface area contributed by atoms with Crippen molar-refractivity contribution in [2.45, 2.75) is 45.1 Å². The SMILES string of the molecule is CCOC1CCCCC1.[NaH]. The van der Waals surface area contributed by atoms with Crippen molar-refractivity contribution >= 4 is 29.6 Å². The van der Waals surface area contributed by atoms with Crippen LogP contribution in [-0.2, 0) is 4.74 Å². The van der Waals surface area contributed by atoms with Crippen molar-refractivity contribution in [3.63, 3.8) is 0 Å². The summed E-state index contributed by atoms with van der Waals surface area (Å²) in [6.45, 7) is 2.97. The zero-order valence-electron chi connectivity index (χ0n) is 6.23. The van der Waals surface area contributed by atoms with E-state index in [9.17, 15) is 0 Å². The molecule has 2 heteroatoms. The van der Waals surface area contributed by atoms with Gasteiger partial charge < -0.3 is 4.74 Å². The first-order valence-electron chi connectivity index (χ1n) is 4.05. The van der Waals surface area contributed by atoms with Crippen LogP contribution in [0.3, 0.4) is 0 Å². The Morgan fingerprint density at radius 2 is 1.80 bits per heavy atom. The summed E-state index contributed by atoms with van der Waals surface area (Å²) in [5.41, 5.74) is 0. The first-order chi connectivity index (χ1) is 4.43. The molecule has 0 saturated heterocycles. The summed E-state index contributed by atoms with van der Waals surface area (Å²) < 4.78 is 5.48. The van der Waals surface area contributed by atoms with Crippen LogP contribution in [0.15, 0.2) is 0 Å². The summed E-state index contributed by atoms with van der Waals surface area (Å²) >= 11 is 0. The Bertz CT molecular complexity index is 66.9. The topological polar surface area (TPSA) is 9.23 Å². The molecule has 1 aliphatic carbocycles. The molecule has 0 spiro atoms. The van der Waals surface area contributed by atoms with Crippen LogP contribution < -0.4 is 0 Å². The fraction of sp³-hybridized carbons (Fsp3) is 1.00. The van der Waals surface area contributed by atoms with Gasteiger partial charge in [-0.3, -0.25) is 0 Å². The van der Waals surface area contributed by atoms with Gasteiger partial charge in [-0.15, -0.1) is 0 Å². The average molecular weight is 152 g/mol. The minimum absolute atomic E-state index is 0. The Balaban J connectivity index is 0.000000810. The minimum atomic E-state index is 0. The molecule has 1 rings (SSSR count). The molecular weight excluding hydrogens is 135 g/mol. The second kappa shape index (κ2) is 6.66. The molecule has 56 valence electrons. The molecular formula is C8H17NaO. The Kier molecular flexibility index (Phi) is 7.30. The van der Waals surface area contributed by atoms with Crippen LogP contribution in [0, 0.1) is 0 Å². The van der Waals surface area contributed by atoms with Crippen LogP contribution in [0.2, 0.25) is 0 Å². The van der Waals surface area contributed by atoms with Crippen molar-refractivity contribution in [3.8, 4) is 0 Å². The molecule has 1 aliphatic rings. The molecule has 0 aromatic carbocycles. The summed E-state index contributed by atoms with van der Waals surface area (Å²) in [5.74, 6) is 0. The van der Waals surface area contributed by atoms with E-state index >= 15 is 0 Å². The molecule has 0 unspecified atom stereocenters. The number of ether oxygens (including phenoxy) is 1. The zero-order valence-corrected chi connectivity index (χ0v) is 6.23. The first-order valence-corrected chi connectivity index (χ1v) is 4.05. The summed E-state index contributed by atoms with van der Waals surface area (Å²) in [6.07, 6.45) is 7.38. The molecule has 1 nitrogen and oxygen atoms in total. The predicted octanol–water partition coefficient (Wildman–Crippen LogP) is 1.71. The standard InChI is InChI=1S/C8H16O.Na.H/c1-2-9-8-6-4-3-5-7-8;;/h8H,2-7H2,1H3;;. The van der Waals surface area contributed by atoms with Crippen molar-refractivity contribution < 1.29 is 4.74 Å². The van der Waals surface area contributed by atoms with Crippen LogP contribution in [0.4, 0.5) is 0 Å². The van der Waals surface area contributed by atoms with Crippen molar-refractivity contribution in [1.29, 1.82) is 0 Å². The summed E-state index contributed by atoms with van der Waals surface area (Å²) in [4.78, 5) is 0. The molecule has 1 saturated carbocycles. The van der Waals surface area contributed by atoms with Gasteiger partial charge in [-0.1, -0.05) is 19.3 Å². The van der Waals surface area contributed by atoms with E-state index in [4.69, 9.17) is 4.74 Å². The fourth-order valence-electron chi connectivity index (χ4n) is 1.47. The third-order valence-corrected chi connectivity index (χ3v) is 1.95. The van der Waals surface area contributed by atoms with E-state index in [1.165, 1.54) is 32.1 Å². The Morgan fingerprint density at radius 3 is 2.30 bits per heavy atom. The van der Waals surface area contributed by atoms with Crippen molar-refractivity contribution in [2.24, 2.45) is 0 Å². The van der Waals surface area contributed by atoms with Gasteiger partial charge in [-0.05, 0) is 19.8 Å². The van der Waals surface area contributed by atoms with Gasteiger partial charge in [0.1, 0.15) is 0 Å². The Hall–Kier alpha value is 0.960. The molecule has 0 amide bonds. The quantitative estimate of drug-likeness (QED) is 0.547. The normalized spacial score (nSPS) is 20.1. The molecule has 0 aromatic heterocycles. The second-order valence-electron chi connectivity index (χ2n) is 2.72. The van der Waals surface area contributed by atoms with Crippen LogP contribution in [0.25, 0.3) is 0 Å². The van der Waals surface area contributed by atoms with Gasteiger partial charge in [-0.2, -0.15) is 0 Å². The van der Waals surface area contributed by atoms with Gasteiger partial charge >= 0.3 is 29.6 Å². The van der Waals surface area contributed by atoms with Crippen LogP contribution >= 0.6 is 0 Å². The van der Waals surface area contributed by atoms with Crippen molar-refractivity contribution in [1.82, 2.24) is 0 Å². The van der Waals surface area contributed by atoms with E-state index in [0.717, 1.165) is 6.61 Å². The first kappa shape index (κ1) is 11.0. The third kappa shape index (κ3) is 3.97. The monoisotopic (exact) mass is 152 g/mol. The van der Waals surface area contributed by atoms with E-state index in [1.807, 2.05) is 0 Å². The molecule has 0 bridgehead atoms. The van der Waals surface area contributed by atoms with E-state index in [-0.39, 0.29) is 29.6 Å². The number of hydrogen-bond donors (Lipinski definition) is 0. The van der Waals surface area contributed by atoms with E-state index in [1.54, 1.807) is 0 Å². The predicted molar refractivity (Wildman–Crippen MR) is 45.6 cm³/mol. The molecule has 0 aromatic rings. The Labute approximate surface area is 85.8 Å². The van der Waals surface area contributed by atoms with Crippen LogP contribution in [-0.4, -0.2) is 42.3 Å². The Morgan fingerprint density at radius 1 is 1.20 bits per heavy atom. The molecule has 0 heterocycles. The van der Waals surface area contributed by atoms with Crippen molar-refractivity contribution in [2.75, 3.05) is 6.61 Å². The maximum atomic E-state index is 5.48. The third-order valence-electron chi connectivity index (χ3n) is 1.95. The van der Waals surface area contributed by atoms with Gasteiger partial charge in [0.15, 0.2) is 0 Å². The molecule has 0 aliphatic heterocycles. The molecule has 0 N–H and O–H groups in total. The van der Waals surface area contributed by atoms with Gasteiger partial charge in [0.25, 0.3) is 0 Å². The molecule has 1 fully saturated rings. The molecule has 0 atom stereocenters. The zero-order chi connectivity index (χ0) is 6.53. The van der Waals surface area contributed by atoms with E-state index in [0.29, 0.717) is 6.10 Å². The van der Waals surface area contributed by atoms with Gasteiger partial charge in [0.05, 0.1) is 6.10 Å². The number of hydrogen-bond acceptors (Lipinski definition) is 1. The average Bonchev–Trinajstić information content (AvgIpc) is 1.91. The van der Waals surface area contributed by atoms with Crippen LogP contribution in [0.5, 0.6) is 0 Å². The summed E-state index contributed by atoms with van der Waals surface area (Å²) in [7, 11) is 0. The van der Waals surface area contributed by atoms with E-state index in [2.05, 4.69) is 6.92 Å². The number of rotatable bonds is 2. The second-order valence-corrected chi connectivity index (χ2v) is 2.72.